The standard InChI is InChI=1S/C27H26FN5O4/c1-19-15-33(32-31-19)16-26(34)30-25(18-36-17-20-5-3-2-4-6-20)27(35)29-22-9-13-24(14-10-22)37-23-11-7-21(28)8-12-23/h2-15,25H,16-18H2,1H3,(H,29,35)(H,30,34). The first-order valence-corrected chi connectivity index (χ1v) is 11.6. The van der Waals surface area contributed by atoms with E-state index in [9.17, 15) is 14.0 Å². The number of amides is 2. The first-order chi connectivity index (χ1) is 17.9. The summed E-state index contributed by atoms with van der Waals surface area (Å²) in [4.78, 5) is 25.6. The lowest BCUT2D eigenvalue weighted by Gasteiger charge is -2.19. The van der Waals surface area contributed by atoms with Crippen LogP contribution in [0.3, 0.4) is 0 Å². The summed E-state index contributed by atoms with van der Waals surface area (Å²) >= 11 is 0. The fourth-order valence-corrected chi connectivity index (χ4v) is 3.39. The summed E-state index contributed by atoms with van der Waals surface area (Å²) in [5.74, 6) is -0.195. The Morgan fingerprint density at radius 3 is 2.30 bits per heavy atom. The van der Waals surface area contributed by atoms with E-state index in [4.69, 9.17) is 9.47 Å². The van der Waals surface area contributed by atoms with Gasteiger partial charge in [0.1, 0.15) is 29.9 Å². The van der Waals surface area contributed by atoms with Crippen molar-refractivity contribution in [2.24, 2.45) is 0 Å². The number of anilines is 1. The van der Waals surface area contributed by atoms with Crippen LogP contribution in [0.25, 0.3) is 0 Å². The van der Waals surface area contributed by atoms with Gasteiger partial charge in [-0.05, 0) is 61.0 Å². The van der Waals surface area contributed by atoms with Crippen molar-refractivity contribution in [3.8, 4) is 11.5 Å². The zero-order chi connectivity index (χ0) is 26.0. The number of carbonyl (C=O) groups is 2. The average molecular weight is 504 g/mol. The molecule has 0 bridgehead atoms. The van der Waals surface area contributed by atoms with Crippen molar-refractivity contribution in [3.05, 3.63) is 102 Å². The number of nitrogens with zero attached hydrogens (tertiary/aromatic N) is 3. The molecule has 0 saturated carbocycles. The second-order valence-electron chi connectivity index (χ2n) is 8.25. The molecule has 1 atom stereocenters. The Bertz CT molecular complexity index is 1310. The average Bonchev–Trinajstić information content (AvgIpc) is 3.30. The number of benzene rings is 3. The predicted octanol–water partition coefficient (Wildman–Crippen LogP) is 3.86. The number of halogens is 1. The van der Waals surface area contributed by atoms with Crippen LogP contribution in [0.4, 0.5) is 10.1 Å². The third-order valence-corrected chi connectivity index (χ3v) is 5.18. The highest BCUT2D eigenvalue weighted by atomic mass is 19.1. The summed E-state index contributed by atoms with van der Waals surface area (Å²) in [6.45, 7) is 1.94. The summed E-state index contributed by atoms with van der Waals surface area (Å²) in [7, 11) is 0. The van der Waals surface area contributed by atoms with E-state index < -0.39 is 17.9 Å². The number of ether oxygens (including phenoxy) is 2. The molecule has 1 unspecified atom stereocenters. The predicted molar refractivity (Wildman–Crippen MR) is 134 cm³/mol. The van der Waals surface area contributed by atoms with Gasteiger partial charge in [-0.25, -0.2) is 9.07 Å². The Kier molecular flexibility index (Phi) is 8.56. The molecular formula is C27H26FN5O4. The molecule has 190 valence electrons. The number of nitrogens with one attached hydrogen (secondary N) is 2. The Morgan fingerprint density at radius 2 is 1.65 bits per heavy atom. The summed E-state index contributed by atoms with van der Waals surface area (Å²) in [6, 6.07) is 20.9. The van der Waals surface area contributed by atoms with Crippen molar-refractivity contribution in [1.82, 2.24) is 20.3 Å². The van der Waals surface area contributed by atoms with Gasteiger partial charge in [0.05, 0.1) is 18.9 Å². The second kappa shape index (κ2) is 12.4. The van der Waals surface area contributed by atoms with Crippen LogP contribution in [0, 0.1) is 12.7 Å². The highest BCUT2D eigenvalue weighted by Crippen LogP contribution is 2.23. The Balaban J connectivity index is 1.37. The minimum atomic E-state index is -0.948. The van der Waals surface area contributed by atoms with Gasteiger partial charge in [-0.3, -0.25) is 9.59 Å². The van der Waals surface area contributed by atoms with Crippen LogP contribution in [0.5, 0.6) is 11.5 Å². The molecule has 1 aromatic heterocycles. The molecule has 37 heavy (non-hydrogen) atoms. The van der Waals surface area contributed by atoms with Gasteiger partial charge in [0.25, 0.3) is 0 Å². The van der Waals surface area contributed by atoms with Crippen LogP contribution >= 0.6 is 0 Å². The Hall–Kier alpha value is -4.57. The van der Waals surface area contributed by atoms with Gasteiger partial charge in [0, 0.05) is 11.9 Å². The highest BCUT2D eigenvalue weighted by molar-refractivity contribution is 5.97. The molecule has 0 aliphatic rings. The lowest BCUT2D eigenvalue weighted by molar-refractivity contribution is -0.128. The van der Waals surface area contributed by atoms with E-state index in [-0.39, 0.29) is 25.6 Å². The first kappa shape index (κ1) is 25.5. The third kappa shape index (κ3) is 7.97. The summed E-state index contributed by atoms with van der Waals surface area (Å²) in [6.07, 6.45) is 1.64. The van der Waals surface area contributed by atoms with Crippen LogP contribution in [0.15, 0.2) is 85.1 Å². The lowest BCUT2D eigenvalue weighted by Crippen LogP contribution is -2.47. The maximum Gasteiger partial charge on any atom is 0.249 e. The zero-order valence-electron chi connectivity index (χ0n) is 20.1. The fraction of sp³-hybridized carbons (Fsp3) is 0.185. The molecular weight excluding hydrogens is 477 g/mol. The molecule has 3 aromatic carbocycles. The number of hydrogen-bond donors (Lipinski definition) is 2. The third-order valence-electron chi connectivity index (χ3n) is 5.18. The smallest absolute Gasteiger partial charge is 0.249 e. The van der Waals surface area contributed by atoms with Gasteiger partial charge in [0.15, 0.2) is 0 Å². The SMILES string of the molecule is Cc1cn(CC(=O)NC(COCc2ccccc2)C(=O)Nc2ccc(Oc3ccc(F)cc3)cc2)nn1. The topological polar surface area (TPSA) is 107 Å². The fourth-order valence-electron chi connectivity index (χ4n) is 3.39. The van der Waals surface area contributed by atoms with Crippen LogP contribution in [0.2, 0.25) is 0 Å². The molecule has 4 rings (SSSR count). The Morgan fingerprint density at radius 1 is 0.973 bits per heavy atom. The quantitative estimate of drug-likeness (QED) is 0.322. The second-order valence-corrected chi connectivity index (χ2v) is 8.25. The molecule has 0 saturated heterocycles. The molecule has 0 fully saturated rings. The van der Waals surface area contributed by atoms with Gasteiger partial charge in [0.2, 0.25) is 11.8 Å². The van der Waals surface area contributed by atoms with Crippen molar-refractivity contribution in [1.29, 1.82) is 0 Å². The van der Waals surface area contributed by atoms with Crippen molar-refractivity contribution in [2.75, 3.05) is 11.9 Å². The van der Waals surface area contributed by atoms with Crippen LogP contribution in [0.1, 0.15) is 11.3 Å². The minimum absolute atomic E-state index is 0.0331. The first-order valence-electron chi connectivity index (χ1n) is 11.6. The molecule has 0 aliphatic carbocycles. The zero-order valence-corrected chi connectivity index (χ0v) is 20.1. The van der Waals surface area contributed by atoms with E-state index in [0.717, 1.165) is 5.56 Å². The normalized spacial score (nSPS) is 11.5. The molecule has 2 N–H and O–H groups in total. The summed E-state index contributed by atoms with van der Waals surface area (Å²) in [5.41, 5.74) is 2.13. The molecule has 0 radical (unpaired) electrons. The molecule has 0 spiro atoms. The molecule has 2 amide bonds. The van der Waals surface area contributed by atoms with Crippen LogP contribution in [-0.4, -0.2) is 39.5 Å². The van der Waals surface area contributed by atoms with Gasteiger partial charge in [-0.15, -0.1) is 5.10 Å². The molecule has 10 heteroatoms. The lowest BCUT2D eigenvalue weighted by atomic mass is 10.2. The highest BCUT2D eigenvalue weighted by Gasteiger charge is 2.22. The molecule has 0 aliphatic heterocycles. The van der Waals surface area contributed by atoms with Gasteiger partial charge < -0.3 is 20.1 Å². The number of aromatic nitrogens is 3. The van der Waals surface area contributed by atoms with Crippen molar-refractivity contribution in [3.63, 3.8) is 0 Å². The maximum absolute atomic E-state index is 13.1. The van der Waals surface area contributed by atoms with E-state index in [1.54, 1.807) is 37.4 Å². The minimum Gasteiger partial charge on any atom is -0.457 e. The van der Waals surface area contributed by atoms with E-state index in [1.165, 1.54) is 28.9 Å². The summed E-state index contributed by atoms with van der Waals surface area (Å²) < 4.78 is 25.9. The van der Waals surface area contributed by atoms with Crippen molar-refractivity contribution < 1.29 is 23.5 Å². The van der Waals surface area contributed by atoms with E-state index in [2.05, 4.69) is 20.9 Å². The molecule has 4 aromatic rings. The number of rotatable bonds is 11. The largest absolute Gasteiger partial charge is 0.457 e. The van der Waals surface area contributed by atoms with Crippen molar-refractivity contribution >= 4 is 17.5 Å². The van der Waals surface area contributed by atoms with E-state index in [0.29, 0.717) is 22.9 Å². The molecule has 9 nitrogen and oxygen atoms in total. The number of aryl methyl sites for hydroxylation is 1. The van der Waals surface area contributed by atoms with E-state index in [1.807, 2.05) is 30.3 Å². The van der Waals surface area contributed by atoms with Crippen LogP contribution in [-0.2, 0) is 27.5 Å². The summed E-state index contributed by atoms with van der Waals surface area (Å²) in [5, 5.41) is 13.2. The number of hydrogen-bond acceptors (Lipinski definition) is 6. The van der Waals surface area contributed by atoms with Gasteiger partial charge in [-0.2, -0.15) is 0 Å². The number of carbonyl (C=O) groups excluding carboxylic acids is 2. The Labute approximate surface area is 213 Å². The molecule has 1 heterocycles. The van der Waals surface area contributed by atoms with Gasteiger partial charge >= 0.3 is 0 Å². The van der Waals surface area contributed by atoms with Crippen molar-refractivity contribution in [2.45, 2.75) is 26.1 Å². The van der Waals surface area contributed by atoms with Gasteiger partial charge in [-0.1, -0.05) is 35.5 Å². The monoisotopic (exact) mass is 503 g/mol. The van der Waals surface area contributed by atoms with E-state index >= 15 is 0 Å². The van der Waals surface area contributed by atoms with Crippen LogP contribution < -0.4 is 15.4 Å². The maximum atomic E-state index is 13.1.